The predicted molar refractivity (Wildman–Crippen MR) is 160 cm³/mol. The van der Waals surface area contributed by atoms with Crippen LogP contribution in [0.15, 0.2) is 109 Å². The number of fused-ring (bicyclic) bond motifs is 2. The van der Waals surface area contributed by atoms with Crippen LogP contribution in [0.2, 0.25) is 0 Å². The number of phenols is 1. The highest BCUT2D eigenvalue weighted by molar-refractivity contribution is 7.85. The second-order valence-corrected chi connectivity index (χ2v) is 11.3. The predicted octanol–water partition coefficient (Wildman–Crippen LogP) is 6.34. The molecule has 0 saturated carbocycles. The maximum Gasteiger partial charge on any atom is 0.213 e. The van der Waals surface area contributed by atoms with Crippen LogP contribution in [0.4, 0.5) is 5.69 Å². The first-order valence-corrected chi connectivity index (χ1v) is 14.7. The smallest absolute Gasteiger partial charge is 0.213 e. The Labute approximate surface area is 235 Å². The Morgan fingerprint density at radius 1 is 0.900 bits per heavy atom. The summed E-state index contributed by atoms with van der Waals surface area (Å²) in [7, 11) is -4.47. The number of anilines is 1. The number of hydrogen-bond acceptors (Lipinski definition) is 5. The molecule has 1 fully saturated rings. The minimum atomic E-state index is -4.47. The van der Waals surface area contributed by atoms with Crippen molar-refractivity contribution >= 4 is 37.6 Å². The zero-order valence-electron chi connectivity index (χ0n) is 22.5. The van der Waals surface area contributed by atoms with Crippen LogP contribution >= 0.6 is 0 Å². The van der Waals surface area contributed by atoms with E-state index in [4.69, 9.17) is 5.11 Å². The number of allylic oxidation sites excluding steroid dienone is 1. The van der Waals surface area contributed by atoms with Gasteiger partial charge in [-0.25, -0.2) is 8.42 Å². The number of benzene rings is 4. The maximum atomic E-state index is 10.5. The molecule has 7 heteroatoms. The number of nitrogens with zero attached hydrogens (tertiary/aromatic N) is 2. The standard InChI is InChI=1S/C26H25N2.C7H8O4S/c1-2-17-28-24-11-5-3-9-22(24)26(23-10-4-6-12-25(23)28)20-13-15-21(16-14-20)27-18-7-8-19-27;1-5-2-3-6(8)4-7(5)12(9,10)11/h2-6,9-16H,1,7-8,17-19H2;2-4,8H,1H3,(H,9,10,11)/q+1;/p-1. The first-order valence-electron chi connectivity index (χ1n) is 13.3. The van der Waals surface area contributed by atoms with E-state index in [1.807, 2.05) is 6.08 Å². The molecule has 6 nitrogen and oxygen atoms in total. The van der Waals surface area contributed by atoms with Gasteiger partial charge in [-0.1, -0.05) is 49.0 Å². The van der Waals surface area contributed by atoms with Gasteiger partial charge in [0.05, 0.1) is 15.7 Å². The van der Waals surface area contributed by atoms with Gasteiger partial charge in [-0.15, -0.1) is 0 Å². The van der Waals surface area contributed by atoms with Crippen molar-refractivity contribution in [1.82, 2.24) is 0 Å². The van der Waals surface area contributed by atoms with Crippen molar-refractivity contribution in [3.05, 3.63) is 109 Å². The van der Waals surface area contributed by atoms with Crippen LogP contribution in [0.3, 0.4) is 0 Å². The van der Waals surface area contributed by atoms with Crippen molar-refractivity contribution in [1.29, 1.82) is 0 Å². The molecule has 1 aliphatic rings. The molecule has 0 radical (unpaired) electrons. The molecule has 1 aliphatic heterocycles. The summed E-state index contributed by atoms with van der Waals surface area (Å²) in [6.07, 6.45) is 4.58. The molecule has 0 unspecified atom stereocenters. The van der Waals surface area contributed by atoms with E-state index < -0.39 is 10.1 Å². The maximum absolute atomic E-state index is 10.5. The molecule has 4 aromatic carbocycles. The van der Waals surface area contributed by atoms with Gasteiger partial charge in [0.1, 0.15) is 15.9 Å². The highest BCUT2D eigenvalue weighted by Crippen LogP contribution is 2.35. The van der Waals surface area contributed by atoms with E-state index in [1.54, 1.807) is 0 Å². The Morgan fingerprint density at radius 3 is 2.00 bits per heavy atom. The molecule has 0 bridgehead atoms. The lowest BCUT2D eigenvalue weighted by atomic mass is 9.95. The normalized spacial score (nSPS) is 13.3. The van der Waals surface area contributed by atoms with Crippen molar-refractivity contribution in [2.24, 2.45) is 0 Å². The number of phenolic OH excluding ortho intramolecular Hbond substituents is 1. The molecule has 1 saturated heterocycles. The molecule has 0 aliphatic carbocycles. The Kier molecular flexibility index (Phi) is 7.87. The van der Waals surface area contributed by atoms with Gasteiger partial charge in [-0.3, -0.25) is 0 Å². The fraction of sp³-hybridized carbons (Fsp3) is 0.182. The van der Waals surface area contributed by atoms with Gasteiger partial charge in [-0.2, -0.15) is 4.57 Å². The van der Waals surface area contributed by atoms with E-state index in [0.717, 1.165) is 12.6 Å². The average Bonchev–Trinajstić information content (AvgIpc) is 3.50. The number of para-hydroxylation sites is 2. The topological polar surface area (TPSA) is 84.5 Å². The third kappa shape index (κ3) is 5.57. The average molecular weight is 553 g/mol. The summed E-state index contributed by atoms with van der Waals surface area (Å²) in [6, 6.07) is 30.2. The van der Waals surface area contributed by atoms with E-state index in [9.17, 15) is 13.0 Å². The summed E-state index contributed by atoms with van der Waals surface area (Å²) < 4.78 is 34.0. The van der Waals surface area contributed by atoms with Gasteiger partial charge in [0, 0.05) is 36.5 Å². The fourth-order valence-electron chi connectivity index (χ4n) is 5.42. The number of aromatic hydroxyl groups is 1. The van der Waals surface area contributed by atoms with Gasteiger partial charge in [0.15, 0.2) is 6.54 Å². The summed E-state index contributed by atoms with van der Waals surface area (Å²) in [5, 5.41) is 11.5. The molecule has 40 heavy (non-hydrogen) atoms. The third-order valence-electron chi connectivity index (χ3n) is 7.31. The van der Waals surface area contributed by atoms with E-state index in [-0.39, 0.29) is 10.6 Å². The first kappa shape index (κ1) is 27.4. The molecule has 6 rings (SSSR count). The zero-order valence-corrected chi connectivity index (χ0v) is 23.3. The van der Waals surface area contributed by atoms with E-state index in [1.165, 1.54) is 83.6 Å². The van der Waals surface area contributed by atoms with Crippen LogP contribution in [0.5, 0.6) is 5.75 Å². The van der Waals surface area contributed by atoms with Crippen molar-refractivity contribution in [3.63, 3.8) is 0 Å². The van der Waals surface area contributed by atoms with Gasteiger partial charge in [0.25, 0.3) is 0 Å². The molecule has 0 atom stereocenters. The van der Waals surface area contributed by atoms with Crippen LogP contribution < -0.4 is 9.47 Å². The molecule has 2 heterocycles. The van der Waals surface area contributed by atoms with Gasteiger partial charge < -0.3 is 14.6 Å². The van der Waals surface area contributed by atoms with Crippen LogP contribution in [0, 0.1) is 6.92 Å². The molecule has 1 N–H and O–H groups in total. The number of aryl methyl sites for hydroxylation is 1. The van der Waals surface area contributed by atoms with E-state index in [0.29, 0.717) is 5.56 Å². The first-order chi connectivity index (χ1) is 19.3. The van der Waals surface area contributed by atoms with Crippen molar-refractivity contribution < 1.29 is 22.6 Å². The van der Waals surface area contributed by atoms with Gasteiger partial charge in [0.2, 0.25) is 11.0 Å². The number of pyridine rings is 1. The Bertz CT molecular complexity index is 1730. The van der Waals surface area contributed by atoms with Gasteiger partial charge in [-0.05, 0) is 73.4 Å². The fourth-order valence-corrected chi connectivity index (χ4v) is 6.15. The minimum absolute atomic E-state index is 0.227. The van der Waals surface area contributed by atoms with Crippen LogP contribution in [0.25, 0.3) is 32.9 Å². The Morgan fingerprint density at radius 2 is 1.48 bits per heavy atom. The van der Waals surface area contributed by atoms with E-state index >= 15 is 0 Å². The van der Waals surface area contributed by atoms with Gasteiger partial charge >= 0.3 is 0 Å². The Hall–Kier alpha value is -4.20. The number of aromatic nitrogens is 1. The second kappa shape index (κ2) is 11.5. The monoisotopic (exact) mass is 552 g/mol. The molecule has 5 aromatic rings. The Balaban J connectivity index is 0.000000227. The summed E-state index contributed by atoms with van der Waals surface area (Å²) >= 11 is 0. The summed E-state index contributed by atoms with van der Waals surface area (Å²) in [4.78, 5) is 2.12. The minimum Gasteiger partial charge on any atom is -0.744 e. The molecular formula is C33H32N2O4S. The van der Waals surface area contributed by atoms with Crippen molar-refractivity contribution in [2.75, 3.05) is 18.0 Å². The van der Waals surface area contributed by atoms with Crippen molar-refractivity contribution in [2.45, 2.75) is 31.2 Å². The zero-order chi connectivity index (χ0) is 28.3. The highest BCUT2D eigenvalue weighted by Gasteiger charge is 2.20. The summed E-state index contributed by atoms with van der Waals surface area (Å²) in [6.45, 7) is 8.62. The highest BCUT2D eigenvalue weighted by atomic mass is 32.2. The van der Waals surface area contributed by atoms with Crippen molar-refractivity contribution in [3.8, 4) is 16.9 Å². The number of rotatable bonds is 5. The quantitative estimate of drug-likeness (QED) is 0.119. The van der Waals surface area contributed by atoms with Crippen LogP contribution in [-0.2, 0) is 16.7 Å². The lowest BCUT2D eigenvalue weighted by molar-refractivity contribution is -0.634. The molecule has 0 spiro atoms. The summed E-state index contributed by atoms with van der Waals surface area (Å²) in [5.41, 5.74) is 6.77. The SMILES string of the molecule is C=CC[n+]1c2ccccc2c(-c2ccc(N3CCCC3)cc2)c2ccccc21.Cc1ccc(O)cc1S(=O)(=O)[O-]. The second-order valence-electron chi connectivity index (χ2n) is 9.95. The molecule has 0 amide bonds. The largest absolute Gasteiger partial charge is 0.744 e. The molecule has 204 valence electrons. The third-order valence-corrected chi connectivity index (χ3v) is 8.29. The lowest BCUT2D eigenvalue weighted by Crippen LogP contribution is -2.34. The van der Waals surface area contributed by atoms with Crippen LogP contribution in [0.1, 0.15) is 18.4 Å². The molecular weight excluding hydrogens is 520 g/mol. The van der Waals surface area contributed by atoms with E-state index in [2.05, 4.69) is 88.8 Å². The lowest BCUT2D eigenvalue weighted by Gasteiger charge is -2.18. The van der Waals surface area contributed by atoms with Crippen LogP contribution in [-0.4, -0.2) is 31.2 Å². The molecule has 1 aromatic heterocycles. The number of hydrogen-bond donors (Lipinski definition) is 1. The summed E-state index contributed by atoms with van der Waals surface area (Å²) in [5.74, 6) is -0.227.